The van der Waals surface area contributed by atoms with E-state index in [0.717, 1.165) is 18.7 Å². The highest BCUT2D eigenvalue weighted by Gasteiger charge is 2.17. The van der Waals surface area contributed by atoms with Crippen LogP contribution < -0.4 is 15.4 Å². The van der Waals surface area contributed by atoms with Gasteiger partial charge in [0.25, 0.3) is 5.91 Å². The number of nitrogens with zero attached hydrogens (tertiary/aromatic N) is 1. The molecule has 0 saturated carbocycles. The first-order valence-corrected chi connectivity index (χ1v) is 10.5. The molecule has 0 aliphatic rings. The van der Waals surface area contributed by atoms with Gasteiger partial charge in [0.2, 0.25) is 5.91 Å². The van der Waals surface area contributed by atoms with E-state index in [9.17, 15) is 9.59 Å². The molecule has 0 heterocycles. The number of ether oxygens (including phenoxy) is 1. The van der Waals surface area contributed by atoms with Gasteiger partial charge in [0.1, 0.15) is 5.75 Å². The highest BCUT2D eigenvalue weighted by atomic mass is 35.5. The lowest BCUT2D eigenvalue weighted by atomic mass is 10.1. The van der Waals surface area contributed by atoms with Crippen molar-refractivity contribution in [1.82, 2.24) is 4.90 Å². The fourth-order valence-corrected chi connectivity index (χ4v) is 3.23. The van der Waals surface area contributed by atoms with E-state index in [2.05, 4.69) is 10.6 Å². The molecule has 162 valence electrons. The third kappa shape index (κ3) is 6.90. The molecule has 2 aromatic carbocycles. The van der Waals surface area contributed by atoms with Gasteiger partial charge in [-0.2, -0.15) is 0 Å². The fourth-order valence-electron chi connectivity index (χ4n) is 2.78. The molecular formula is C22H27Cl2N3O3. The van der Waals surface area contributed by atoms with E-state index in [0.29, 0.717) is 33.7 Å². The van der Waals surface area contributed by atoms with Crippen molar-refractivity contribution in [2.24, 2.45) is 0 Å². The highest BCUT2D eigenvalue weighted by molar-refractivity contribution is 6.35. The summed E-state index contributed by atoms with van der Waals surface area (Å²) in [5, 5.41) is 6.55. The van der Waals surface area contributed by atoms with Crippen molar-refractivity contribution < 1.29 is 14.3 Å². The minimum Gasteiger partial charge on any atom is -0.479 e. The van der Waals surface area contributed by atoms with Gasteiger partial charge in [-0.25, -0.2) is 0 Å². The minimum absolute atomic E-state index is 0.0690. The number of likely N-dealkylation sites (N-methyl/N-ethyl adjacent to an activating group) is 1. The Kier molecular flexibility index (Phi) is 8.96. The van der Waals surface area contributed by atoms with Crippen LogP contribution in [0.1, 0.15) is 26.3 Å². The van der Waals surface area contributed by atoms with E-state index < -0.39 is 6.10 Å². The molecular weight excluding hydrogens is 425 g/mol. The third-order valence-electron chi connectivity index (χ3n) is 4.60. The first-order valence-electron chi connectivity index (χ1n) is 9.78. The van der Waals surface area contributed by atoms with Gasteiger partial charge in [-0.1, -0.05) is 37.0 Å². The average Bonchev–Trinajstić information content (AvgIpc) is 2.70. The monoisotopic (exact) mass is 451 g/mol. The number of hydrogen-bond acceptors (Lipinski definition) is 4. The van der Waals surface area contributed by atoms with Crippen molar-refractivity contribution in [3.05, 3.63) is 52.0 Å². The van der Waals surface area contributed by atoms with Crippen LogP contribution in [0.4, 0.5) is 11.4 Å². The van der Waals surface area contributed by atoms with Crippen molar-refractivity contribution >= 4 is 46.4 Å². The standard InChI is InChI=1S/C22H27Cl2N3O3/c1-5-27(6-2)13-21(28)26-19-9-8-17(11-14(19)3)25-22(29)15(4)30-20-10-7-16(23)12-18(20)24/h7-12,15H,5-6,13H2,1-4H3,(H,25,29)(H,26,28). The Labute approximate surface area is 187 Å². The zero-order chi connectivity index (χ0) is 22.3. The molecule has 0 aromatic heterocycles. The predicted octanol–water partition coefficient (Wildman–Crippen LogP) is 4.99. The molecule has 2 amide bonds. The Bertz CT molecular complexity index is 901. The summed E-state index contributed by atoms with van der Waals surface area (Å²) in [4.78, 5) is 26.7. The van der Waals surface area contributed by atoms with Gasteiger partial charge in [-0.3, -0.25) is 14.5 Å². The van der Waals surface area contributed by atoms with Crippen LogP contribution in [-0.4, -0.2) is 42.5 Å². The maximum Gasteiger partial charge on any atom is 0.265 e. The number of aryl methyl sites for hydroxylation is 1. The number of rotatable bonds is 9. The first-order chi connectivity index (χ1) is 14.2. The van der Waals surface area contributed by atoms with Gasteiger partial charge in [0.15, 0.2) is 6.10 Å². The summed E-state index contributed by atoms with van der Waals surface area (Å²) in [5.41, 5.74) is 2.16. The summed E-state index contributed by atoms with van der Waals surface area (Å²) in [7, 11) is 0. The average molecular weight is 452 g/mol. The van der Waals surface area contributed by atoms with Crippen LogP contribution >= 0.6 is 23.2 Å². The van der Waals surface area contributed by atoms with Crippen LogP contribution in [0.3, 0.4) is 0 Å². The largest absolute Gasteiger partial charge is 0.479 e. The Morgan fingerprint density at radius 1 is 1.07 bits per heavy atom. The molecule has 0 fully saturated rings. The van der Waals surface area contributed by atoms with Gasteiger partial charge in [0.05, 0.1) is 11.6 Å². The summed E-state index contributed by atoms with van der Waals surface area (Å²) >= 11 is 12.0. The van der Waals surface area contributed by atoms with Gasteiger partial charge in [0, 0.05) is 16.4 Å². The summed E-state index contributed by atoms with van der Waals surface area (Å²) in [6, 6.07) is 10.1. The second kappa shape index (κ2) is 11.2. The second-order valence-electron chi connectivity index (χ2n) is 6.86. The van der Waals surface area contributed by atoms with E-state index in [1.54, 1.807) is 43.3 Å². The number of hydrogen-bond donors (Lipinski definition) is 2. The van der Waals surface area contributed by atoms with Crippen LogP contribution in [0, 0.1) is 6.92 Å². The second-order valence-corrected chi connectivity index (χ2v) is 7.71. The maximum atomic E-state index is 12.5. The van der Waals surface area contributed by atoms with Crippen LogP contribution in [0.5, 0.6) is 5.75 Å². The first kappa shape index (κ1) is 24.0. The molecule has 2 N–H and O–H groups in total. The maximum absolute atomic E-state index is 12.5. The minimum atomic E-state index is -0.766. The number of amides is 2. The van der Waals surface area contributed by atoms with Crippen LogP contribution in [0.2, 0.25) is 10.0 Å². The van der Waals surface area contributed by atoms with Crippen molar-refractivity contribution in [2.75, 3.05) is 30.3 Å². The van der Waals surface area contributed by atoms with E-state index in [1.165, 1.54) is 0 Å². The number of benzene rings is 2. The van der Waals surface area contributed by atoms with Gasteiger partial charge in [-0.05, 0) is 68.9 Å². The van der Waals surface area contributed by atoms with Crippen molar-refractivity contribution in [3.8, 4) is 5.75 Å². The van der Waals surface area contributed by atoms with Gasteiger partial charge < -0.3 is 15.4 Å². The van der Waals surface area contributed by atoms with Crippen LogP contribution in [0.15, 0.2) is 36.4 Å². The lowest BCUT2D eigenvalue weighted by Crippen LogP contribution is -2.33. The lowest BCUT2D eigenvalue weighted by Gasteiger charge is -2.18. The molecule has 8 heteroatoms. The molecule has 2 rings (SSSR count). The van der Waals surface area contributed by atoms with E-state index in [4.69, 9.17) is 27.9 Å². The number of carbonyl (C=O) groups is 2. The summed E-state index contributed by atoms with van der Waals surface area (Å²) in [5.74, 6) is -0.00894. The summed E-state index contributed by atoms with van der Waals surface area (Å²) in [6.07, 6.45) is -0.766. The quantitative estimate of drug-likeness (QED) is 0.563. The molecule has 0 radical (unpaired) electrons. The molecule has 0 bridgehead atoms. The molecule has 0 saturated heterocycles. The highest BCUT2D eigenvalue weighted by Crippen LogP contribution is 2.28. The van der Waals surface area contributed by atoms with Crippen molar-refractivity contribution in [1.29, 1.82) is 0 Å². The molecule has 30 heavy (non-hydrogen) atoms. The van der Waals surface area contributed by atoms with Gasteiger partial charge in [-0.15, -0.1) is 0 Å². The lowest BCUT2D eigenvalue weighted by molar-refractivity contribution is -0.122. The topological polar surface area (TPSA) is 70.7 Å². The molecule has 0 spiro atoms. The Balaban J connectivity index is 1.97. The van der Waals surface area contributed by atoms with E-state index in [1.807, 2.05) is 25.7 Å². The van der Waals surface area contributed by atoms with E-state index >= 15 is 0 Å². The zero-order valence-electron chi connectivity index (χ0n) is 17.6. The SMILES string of the molecule is CCN(CC)CC(=O)Nc1ccc(NC(=O)C(C)Oc2ccc(Cl)cc2Cl)cc1C. The molecule has 0 aliphatic carbocycles. The van der Waals surface area contributed by atoms with Crippen molar-refractivity contribution in [2.45, 2.75) is 33.8 Å². The van der Waals surface area contributed by atoms with Crippen molar-refractivity contribution in [3.63, 3.8) is 0 Å². The molecule has 2 aromatic rings. The Morgan fingerprint density at radius 3 is 2.37 bits per heavy atom. The Hall–Kier alpha value is -2.28. The van der Waals surface area contributed by atoms with E-state index in [-0.39, 0.29) is 11.8 Å². The number of nitrogens with one attached hydrogen (secondary N) is 2. The molecule has 1 atom stereocenters. The predicted molar refractivity (Wildman–Crippen MR) is 123 cm³/mol. The fraction of sp³-hybridized carbons (Fsp3) is 0.364. The normalized spacial score (nSPS) is 11.8. The molecule has 6 nitrogen and oxygen atoms in total. The number of halogens is 2. The third-order valence-corrected chi connectivity index (χ3v) is 5.13. The smallest absolute Gasteiger partial charge is 0.265 e. The van der Waals surface area contributed by atoms with Gasteiger partial charge >= 0.3 is 0 Å². The Morgan fingerprint density at radius 2 is 1.77 bits per heavy atom. The number of carbonyl (C=O) groups excluding carboxylic acids is 2. The van der Waals surface area contributed by atoms with Crippen LogP contribution in [0.25, 0.3) is 0 Å². The van der Waals surface area contributed by atoms with Crippen LogP contribution in [-0.2, 0) is 9.59 Å². The summed E-state index contributed by atoms with van der Waals surface area (Å²) in [6.45, 7) is 9.51. The molecule has 1 unspecified atom stereocenters. The molecule has 0 aliphatic heterocycles. The zero-order valence-corrected chi connectivity index (χ0v) is 19.1. The summed E-state index contributed by atoms with van der Waals surface area (Å²) < 4.78 is 5.63. The number of anilines is 2.